The number of benzene rings is 1. The van der Waals surface area contributed by atoms with Crippen molar-refractivity contribution in [2.24, 2.45) is 0 Å². The summed E-state index contributed by atoms with van der Waals surface area (Å²) in [5, 5.41) is 2.76. The van der Waals surface area contributed by atoms with Crippen LogP contribution in [-0.2, 0) is 11.2 Å². The number of amides is 1. The molecule has 0 fully saturated rings. The van der Waals surface area contributed by atoms with Gasteiger partial charge in [0.15, 0.2) is 6.10 Å². The lowest BCUT2D eigenvalue weighted by molar-refractivity contribution is -0.122. The van der Waals surface area contributed by atoms with Crippen molar-refractivity contribution in [1.29, 1.82) is 0 Å². The molecule has 0 radical (unpaired) electrons. The lowest BCUT2D eigenvalue weighted by atomic mass is 10.1. The molecule has 2 heterocycles. The maximum atomic E-state index is 12.1. The molecule has 1 amide bonds. The molecule has 2 aromatic rings. The highest BCUT2D eigenvalue weighted by Crippen LogP contribution is 2.29. The first-order valence-electron chi connectivity index (χ1n) is 5.99. The number of nitrogens with two attached hydrogens (primary N) is 1. The van der Waals surface area contributed by atoms with Crippen LogP contribution in [0.2, 0.25) is 0 Å². The fourth-order valence-electron chi connectivity index (χ4n) is 2.06. The summed E-state index contributed by atoms with van der Waals surface area (Å²) in [5.74, 6) is 0.569. The number of nitrogen functional groups attached to an aromatic ring is 1. The molecule has 5 heteroatoms. The van der Waals surface area contributed by atoms with Gasteiger partial charge < -0.3 is 15.8 Å². The number of rotatable bonds is 2. The largest absolute Gasteiger partial charge is 0.480 e. The number of nitrogens with one attached hydrogen (secondary N) is 1. The smallest absolute Gasteiger partial charge is 0.265 e. The number of aromatic nitrogens is 1. The third-order valence-corrected chi connectivity index (χ3v) is 3.05. The standard InChI is InChI=1S/C14H13N3O2/c15-10-8-16-6-5-11(10)17-14(18)13-7-9-3-1-2-4-12(9)19-13/h1-6,8,13H,7,15H2,(H,16,17,18). The molecule has 19 heavy (non-hydrogen) atoms. The Morgan fingerprint density at radius 1 is 1.37 bits per heavy atom. The van der Waals surface area contributed by atoms with Gasteiger partial charge in [0.1, 0.15) is 5.75 Å². The second kappa shape index (κ2) is 4.61. The Morgan fingerprint density at radius 3 is 3.00 bits per heavy atom. The van der Waals surface area contributed by atoms with Crippen LogP contribution < -0.4 is 15.8 Å². The second-order valence-corrected chi connectivity index (χ2v) is 4.37. The number of fused-ring (bicyclic) bond motifs is 1. The van der Waals surface area contributed by atoms with Gasteiger partial charge in [0.2, 0.25) is 0 Å². The highest BCUT2D eigenvalue weighted by atomic mass is 16.5. The summed E-state index contributed by atoms with van der Waals surface area (Å²) >= 11 is 0. The lowest BCUT2D eigenvalue weighted by Gasteiger charge is -2.12. The van der Waals surface area contributed by atoms with E-state index in [0.717, 1.165) is 11.3 Å². The maximum absolute atomic E-state index is 12.1. The number of ether oxygens (including phenoxy) is 1. The van der Waals surface area contributed by atoms with Crippen molar-refractivity contribution in [3.8, 4) is 5.75 Å². The maximum Gasteiger partial charge on any atom is 0.265 e. The van der Waals surface area contributed by atoms with E-state index in [1.807, 2.05) is 24.3 Å². The third-order valence-electron chi connectivity index (χ3n) is 3.05. The van der Waals surface area contributed by atoms with E-state index in [0.29, 0.717) is 17.8 Å². The van der Waals surface area contributed by atoms with Gasteiger partial charge in [0.05, 0.1) is 17.6 Å². The van der Waals surface area contributed by atoms with Crippen LogP contribution in [-0.4, -0.2) is 17.0 Å². The van der Waals surface area contributed by atoms with Crippen LogP contribution >= 0.6 is 0 Å². The number of carbonyl (C=O) groups is 1. The van der Waals surface area contributed by atoms with Crippen LogP contribution in [0.15, 0.2) is 42.7 Å². The van der Waals surface area contributed by atoms with E-state index < -0.39 is 6.10 Å². The Hall–Kier alpha value is -2.56. The fourth-order valence-corrected chi connectivity index (χ4v) is 2.06. The summed E-state index contributed by atoms with van der Waals surface area (Å²) in [7, 11) is 0. The van der Waals surface area contributed by atoms with Crippen molar-refractivity contribution in [2.45, 2.75) is 12.5 Å². The average Bonchev–Trinajstić information content (AvgIpc) is 2.85. The molecular weight excluding hydrogens is 242 g/mol. The number of pyridine rings is 1. The number of anilines is 2. The summed E-state index contributed by atoms with van der Waals surface area (Å²) in [6.07, 6.45) is 3.15. The molecule has 0 saturated carbocycles. The molecule has 1 aliphatic heterocycles. The van der Waals surface area contributed by atoms with E-state index in [4.69, 9.17) is 10.5 Å². The van der Waals surface area contributed by atoms with Crippen molar-refractivity contribution >= 4 is 17.3 Å². The van der Waals surface area contributed by atoms with Gasteiger partial charge in [-0.15, -0.1) is 0 Å². The Labute approximate surface area is 110 Å². The normalized spacial score (nSPS) is 16.5. The highest BCUT2D eigenvalue weighted by molar-refractivity contribution is 5.97. The van der Waals surface area contributed by atoms with Gasteiger partial charge in [-0.3, -0.25) is 9.78 Å². The number of hydrogen-bond acceptors (Lipinski definition) is 4. The molecule has 0 aliphatic carbocycles. The van der Waals surface area contributed by atoms with E-state index in [2.05, 4.69) is 10.3 Å². The van der Waals surface area contributed by atoms with E-state index >= 15 is 0 Å². The van der Waals surface area contributed by atoms with Gasteiger partial charge in [0.25, 0.3) is 5.91 Å². The van der Waals surface area contributed by atoms with Crippen molar-refractivity contribution in [2.75, 3.05) is 11.1 Å². The molecule has 1 aromatic carbocycles. The highest BCUT2D eigenvalue weighted by Gasteiger charge is 2.28. The Kier molecular flexibility index (Phi) is 2.79. The van der Waals surface area contributed by atoms with Crippen LogP contribution in [0.1, 0.15) is 5.56 Å². The Morgan fingerprint density at radius 2 is 2.21 bits per heavy atom. The number of nitrogens with zero attached hydrogens (tertiary/aromatic N) is 1. The van der Waals surface area contributed by atoms with E-state index in [-0.39, 0.29) is 5.91 Å². The van der Waals surface area contributed by atoms with Gasteiger partial charge >= 0.3 is 0 Å². The summed E-state index contributed by atoms with van der Waals surface area (Å²) in [4.78, 5) is 16.0. The first-order chi connectivity index (χ1) is 9.24. The van der Waals surface area contributed by atoms with Gasteiger partial charge in [-0.05, 0) is 17.7 Å². The minimum Gasteiger partial charge on any atom is -0.480 e. The molecule has 5 nitrogen and oxygen atoms in total. The summed E-state index contributed by atoms with van der Waals surface area (Å²) in [6.45, 7) is 0. The van der Waals surface area contributed by atoms with Crippen LogP contribution in [0.3, 0.4) is 0 Å². The van der Waals surface area contributed by atoms with Gasteiger partial charge in [-0.25, -0.2) is 0 Å². The van der Waals surface area contributed by atoms with Crippen molar-refractivity contribution in [1.82, 2.24) is 4.98 Å². The third kappa shape index (κ3) is 2.22. The zero-order valence-corrected chi connectivity index (χ0v) is 10.2. The zero-order valence-electron chi connectivity index (χ0n) is 10.2. The molecule has 0 bridgehead atoms. The minimum atomic E-state index is -0.509. The zero-order chi connectivity index (χ0) is 13.2. The van der Waals surface area contributed by atoms with E-state index in [1.54, 1.807) is 12.3 Å². The molecule has 0 spiro atoms. The average molecular weight is 255 g/mol. The first-order valence-corrected chi connectivity index (χ1v) is 5.99. The minimum absolute atomic E-state index is 0.200. The summed E-state index contributed by atoms with van der Waals surface area (Å²) in [5.41, 5.74) is 7.77. The topological polar surface area (TPSA) is 77.2 Å². The van der Waals surface area contributed by atoms with Crippen molar-refractivity contribution in [3.63, 3.8) is 0 Å². The molecule has 3 N–H and O–H groups in total. The second-order valence-electron chi connectivity index (χ2n) is 4.37. The summed E-state index contributed by atoms with van der Waals surface area (Å²) in [6, 6.07) is 9.31. The van der Waals surface area contributed by atoms with E-state index in [1.165, 1.54) is 6.20 Å². The number of hydrogen-bond donors (Lipinski definition) is 2. The number of carbonyl (C=O) groups excluding carboxylic acids is 1. The van der Waals surface area contributed by atoms with Crippen LogP contribution in [0.4, 0.5) is 11.4 Å². The fraction of sp³-hybridized carbons (Fsp3) is 0.143. The predicted molar refractivity (Wildman–Crippen MR) is 71.8 cm³/mol. The molecule has 1 aromatic heterocycles. The molecule has 96 valence electrons. The SMILES string of the molecule is Nc1cnccc1NC(=O)C1Cc2ccccc2O1. The molecule has 1 unspecified atom stereocenters. The molecular formula is C14H13N3O2. The summed E-state index contributed by atoms with van der Waals surface area (Å²) < 4.78 is 5.61. The van der Waals surface area contributed by atoms with Gasteiger partial charge in [-0.2, -0.15) is 0 Å². The van der Waals surface area contributed by atoms with Crippen LogP contribution in [0, 0.1) is 0 Å². The Balaban J connectivity index is 1.72. The Bertz CT molecular complexity index is 603. The molecule has 1 aliphatic rings. The predicted octanol–water partition coefficient (Wildman–Crippen LogP) is 1.61. The van der Waals surface area contributed by atoms with Crippen molar-refractivity contribution < 1.29 is 9.53 Å². The van der Waals surface area contributed by atoms with Gasteiger partial charge in [-0.1, -0.05) is 18.2 Å². The van der Waals surface area contributed by atoms with E-state index in [9.17, 15) is 4.79 Å². The quantitative estimate of drug-likeness (QED) is 0.854. The monoisotopic (exact) mass is 255 g/mol. The van der Waals surface area contributed by atoms with Crippen LogP contribution in [0.5, 0.6) is 5.75 Å². The van der Waals surface area contributed by atoms with Crippen molar-refractivity contribution in [3.05, 3.63) is 48.3 Å². The van der Waals surface area contributed by atoms with Gasteiger partial charge in [0, 0.05) is 12.6 Å². The molecule has 0 saturated heterocycles. The van der Waals surface area contributed by atoms with Crippen LogP contribution in [0.25, 0.3) is 0 Å². The molecule has 1 atom stereocenters. The lowest BCUT2D eigenvalue weighted by Crippen LogP contribution is -2.31. The first kappa shape index (κ1) is 11.5. The number of para-hydroxylation sites is 1. The molecule has 3 rings (SSSR count).